The maximum atomic E-state index is 10.7. The first-order chi connectivity index (χ1) is 13.3. The van der Waals surface area contributed by atoms with Crippen molar-refractivity contribution in [1.82, 2.24) is 19.3 Å². The number of aliphatic hydroxyl groups excluding tert-OH is 1. The van der Waals surface area contributed by atoms with E-state index in [1.165, 1.54) is 11.5 Å². The number of fused-ring (bicyclic) bond motifs is 1. The maximum absolute atomic E-state index is 10.7. The number of ether oxygens (including phenoxy) is 1. The molecule has 2 aromatic rings. The number of nitrogens with zero attached hydrogens (tertiary/aromatic N) is 6. The lowest BCUT2D eigenvalue weighted by atomic mass is 9.78. The Kier molecular flexibility index (Phi) is 5.13. The van der Waals surface area contributed by atoms with Gasteiger partial charge < -0.3 is 19.6 Å². The van der Waals surface area contributed by atoms with Crippen molar-refractivity contribution in [1.29, 1.82) is 0 Å². The fraction of sp³-hybridized carbons (Fsp3) is 0.684. The highest BCUT2D eigenvalue weighted by Gasteiger charge is 2.43. The summed E-state index contributed by atoms with van der Waals surface area (Å²) in [6.45, 7) is 7.60. The van der Waals surface area contributed by atoms with Crippen molar-refractivity contribution < 1.29 is 9.84 Å². The summed E-state index contributed by atoms with van der Waals surface area (Å²) in [5.41, 5.74) is 1.66. The number of hydrogen-bond donors (Lipinski definition) is 1. The Morgan fingerprint density at radius 2 is 1.68 bits per heavy atom. The Hall–Kier alpha value is -2.00. The SMILES string of the molecule is Cc1nc(C)c(O[C@@H]2C[C@@H]3CN(c4nc(N(C)C)ns4)C[C@@H]3C[C@H]2O)c(C)n1. The van der Waals surface area contributed by atoms with E-state index in [2.05, 4.69) is 24.2 Å². The van der Waals surface area contributed by atoms with E-state index in [-0.39, 0.29) is 6.10 Å². The minimum Gasteiger partial charge on any atom is -0.484 e. The first kappa shape index (κ1) is 19.3. The highest BCUT2D eigenvalue weighted by Crippen LogP contribution is 2.40. The Bertz CT molecular complexity index is 834. The summed E-state index contributed by atoms with van der Waals surface area (Å²) in [5.74, 6) is 3.14. The van der Waals surface area contributed by atoms with Gasteiger partial charge in [-0.1, -0.05) is 0 Å². The lowest BCUT2D eigenvalue weighted by Gasteiger charge is -2.35. The molecule has 2 aromatic heterocycles. The van der Waals surface area contributed by atoms with Crippen molar-refractivity contribution in [2.45, 2.75) is 45.8 Å². The van der Waals surface area contributed by atoms with Crippen molar-refractivity contribution >= 4 is 22.6 Å². The molecule has 1 aliphatic heterocycles. The molecule has 2 fully saturated rings. The van der Waals surface area contributed by atoms with Crippen molar-refractivity contribution in [3.63, 3.8) is 0 Å². The average molecular weight is 405 g/mol. The summed E-state index contributed by atoms with van der Waals surface area (Å²) in [7, 11) is 3.90. The second kappa shape index (κ2) is 7.44. The summed E-state index contributed by atoms with van der Waals surface area (Å²) in [6.07, 6.45) is 0.870. The van der Waals surface area contributed by atoms with Crippen molar-refractivity contribution in [2.24, 2.45) is 11.8 Å². The number of aromatic nitrogens is 4. The highest BCUT2D eigenvalue weighted by atomic mass is 32.1. The van der Waals surface area contributed by atoms with Crippen LogP contribution in [0.4, 0.5) is 11.1 Å². The van der Waals surface area contributed by atoms with Crippen LogP contribution in [0.2, 0.25) is 0 Å². The van der Waals surface area contributed by atoms with Gasteiger partial charge in [-0.25, -0.2) is 9.97 Å². The van der Waals surface area contributed by atoms with Gasteiger partial charge in [0.2, 0.25) is 11.1 Å². The molecule has 8 nitrogen and oxygen atoms in total. The Morgan fingerprint density at radius 3 is 2.29 bits per heavy atom. The zero-order valence-electron chi connectivity index (χ0n) is 17.1. The molecular weight excluding hydrogens is 376 g/mol. The third-order valence-corrected chi connectivity index (χ3v) is 6.51. The summed E-state index contributed by atoms with van der Waals surface area (Å²) in [5, 5.41) is 11.7. The first-order valence-electron chi connectivity index (χ1n) is 9.74. The van der Waals surface area contributed by atoms with Crippen molar-refractivity contribution in [2.75, 3.05) is 37.0 Å². The molecule has 0 bridgehead atoms. The smallest absolute Gasteiger partial charge is 0.238 e. The molecule has 4 rings (SSSR count). The van der Waals surface area contributed by atoms with Gasteiger partial charge in [0.1, 0.15) is 11.9 Å². The molecule has 1 saturated heterocycles. The number of aryl methyl sites for hydroxylation is 3. The number of rotatable bonds is 4. The van der Waals surface area contributed by atoms with Gasteiger partial charge in [0.25, 0.3) is 0 Å². The van der Waals surface area contributed by atoms with E-state index in [1.807, 2.05) is 39.8 Å². The van der Waals surface area contributed by atoms with Crippen LogP contribution in [0.25, 0.3) is 0 Å². The van der Waals surface area contributed by atoms with Crippen LogP contribution < -0.4 is 14.5 Å². The van der Waals surface area contributed by atoms with Crippen LogP contribution in [0.3, 0.4) is 0 Å². The van der Waals surface area contributed by atoms with Gasteiger partial charge in [-0.15, -0.1) is 0 Å². The number of hydrogen-bond acceptors (Lipinski definition) is 9. The van der Waals surface area contributed by atoms with Crippen LogP contribution in [-0.2, 0) is 0 Å². The molecule has 0 aromatic carbocycles. The Morgan fingerprint density at radius 1 is 1.04 bits per heavy atom. The molecule has 3 heterocycles. The van der Waals surface area contributed by atoms with Gasteiger partial charge in [0.05, 0.1) is 17.5 Å². The van der Waals surface area contributed by atoms with Crippen molar-refractivity contribution in [3.05, 3.63) is 17.2 Å². The normalized spacial score (nSPS) is 27.0. The lowest BCUT2D eigenvalue weighted by Crippen LogP contribution is -2.42. The van der Waals surface area contributed by atoms with Gasteiger partial charge in [-0.05, 0) is 45.4 Å². The molecule has 152 valence electrons. The lowest BCUT2D eigenvalue weighted by molar-refractivity contribution is -0.0240. The van der Waals surface area contributed by atoms with E-state index in [1.54, 1.807) is 0 Å². The Balaban J connectivity index is 1.46. The summed E-state index contributed by atoms with van der Waals surface area (Å²) in [6, 6.07) is 0. The summed E-state index contributed by atoms with van der Waals surface area (Å²) < 4.78 is 10.7. The van der Waals surface area contributed by atoms with Gasteiger partial charge in [0.15, 0.2) is 5.75 Å². The zero-order valence-corrected chi connectivity index (χ0v) is 17.9. The second-order valence-electron chi connectivity index (χ2n) is 8.16. The first-order valence-corrected chi connectivity index (χ1v) is 10.5. The van der Waals surface area contributed by atoms with E-state index < -0.39 is 6.10 Å². The third kappa shape index (κ3) is 3.65. The highest BCUT2D eigenvalue weighted by molar-refractivity contribution is 7.09. The molecule has 0 spiro atoms. The molecule has 1 aliphatic carbocycles. The average Bonchev–Trinajstić information content (AvgIpc) is 3.24. The molecular formula is C19H28N6O2S. The largest absolute Gasteiger partial charge is 0.484 e. The molecule has 4 atom stereocenters. The summed E-state index contributed by atoms with van der Waals surface area (Å²) >= 11 is 1.44. The predicted octanol–water partition coefficient (Wildman–Crippen LogP) is 1.97. The fourth-order valence-corrected chi connectivity index (χ4v) is 5.14. The summed E-state index contributed by atoms with van der Waals surface area (Å²) in [4.78, 5) is 17.7. The molecule has 1 N–H and O–H groups in total. The fourth-order valence-electron chi connectivity index (χ4n) is 4.39. The standard InChI is InChI=1S/C19H28N6O2S/c1-10-17(11(2)21-12(3)20-10)27-16-7-14-9-25(8-13(14)6-15(16)26)19-22-18(23-28-19)24(4)5/h13-16,26H,6-9H2,1-5H3/t13-,14+,15+,16+/m0/s1. The molecule has 0 radical (unpaired) electrons. The van der Waals surface area contributed by atoms with Crippen LogP contribution in [0.15, 0.2) is 0 Å². The van der Waals surface area contributed by atoms with E-state index in [4.69, 9.17) is 4.74 Å². The molecule has 28 heavy (non-hydrogen) atoms. The molecule has 0 amide bonds. The predicted molar refractivity (Wildman–Crippen MR) is 109 cm³/mol. The number of aliphatic hydroxyl groups is 1. The second-order valence-corrected chi connectivity index (χ2v) is 8.89. The molecule has 0 unspecified atom stereocenters. The topological polar surface area (TPSA) is 87.5 Å². The van der Waals surface area contributed by atoms with Gasteiger partial charge in [-0.2, -0.15) is 9.36 Å². The van der Waals surface area contributed by atoms with Crippen LogP contribution >= 0.6 is 11.5 Å². The quantitative estimate of drug-likeness (QED) is 0.828. The van der Waals surface area contributed by atoms with Crippen LogP contribution in [0, 0.1) is 32.6 Å². The Labute approximate surface area is 169 Å². The third-order valence-electron chi connectivity index (χ3n) is 5.75. The van der Waals surface area contributed by atoms with Crippen LogP contribution in [0.5, 0.6) is 5.75 Å². The van der Waals surface area contributed by atoms with E-state index in [0.29, 0.717) is 17.6 Å². The van der Waals surface area contributed by atoms with Crippen molar-refractivity contribution in [3.8, 4) is 5.75 Å². The van der Waals surface area contributed by atoms with Crippen LogP contribution in [0.1, 0.15) is 30.1 Å². The monoisotopic (exact) mass is 404 g/mol. The van der Waals surface area contributed by atoms with E-state index in [9.17, 15) is 5.11 Å². The van der Waals surface area contributed by atoms with Gasteiger partial charge >= 0.3 is 0 Å². The minimum absolute atomic E-state index is 0.225. The van der Waals surface area contributed by atoms with Gasteiger partial charge in [0, 0.05) is 38.7 Å². The van der Waals surface area contributed by atoms with E-state index >= 15 is 0 Å². The van der Waals surface area contributed by atoms with Crippen LogP contribution in [-0.4, -0.2) is 63.8 Å². The number of anilines is 2. The van der Waals surface area contributed by atoms with Gasteiger partial charge in [-0.3, -0.25) is 0 Å². The van der Waals surface area contributed by atoms with E-state index in [0.717, 1.165) is 54.2 Å². The zero-order chi connectivity index (χ0) is 20.0. The maximum Gasteiger partial charge on any atom is 0.238 e. The molecule has 1 saturated carbocycles. The molecule has 2 aliphatic rings. The molecule has 9 heteroatoms. The minimum atomic E-state index is -0.479.